The third kappa shape index (κ3) is 3.62. The zero-order valence-electron chi connectivity index (χ0n) is 9.41. The van der Waals surface area contributed by atoms with Crippen molar-refractivity contribution in [3.8, 4) is 6.07 Å². The monoisotopic (exact) mass is 211 g/mol. The van der Waals surface area contributed by atoms with Crippen molar-refractivity contribution in [2.45, 2.75) is 33.6 Å². The number of carbonyl (C=O) groups excluding carboxylic acids is 1. The molecule has 0 rings (SSSR count). The van der Waals surface area contributed by atoms with Crippen LogP contribution in [0.25, 0.3) is 0 Å². The molecule has 84 valence electrons. The minimum atomic E-state index is -0.746. The van der Waals surface area contributed by atoms with Gasteiger partial charge in [0, 0.05) is 5.92 Å². The number of rotatable bonds is 5. The number of hydrogen-bond acceptors (Lipinski definition) is 4. The molecule has 0 amide bonds. The molecule has 4 nitrogen and oxygen atoms in total. The predicted molar refractivity (Wildman–Crippen MR) is 56.0 cm³/mol. The van der Waals surface area contributed by atoms with Gasteiger partial charge in [0.05, 0.1) is 6.61 Å². The molecule has 0 aromatic heterocycles. The second-order valence-electron chi connectivity index (χ2n) is 3.11. The van der Waals surface area contributed by atoms with Crippen LogP contribution in [-0.4, -0.2) is 17.7 Å². The molecule has 0 aromatic carbocycles. The van der Waals surface area contributed by atoms with Gasteiger partial charge in [-0.2, -0.15) is 5.26 Å². The number of aliphatic hydroxyl groups excluding tert-OH is 1. The van der Waals surface area contributed by atoms with Crippen molar-refractivity contribution in [2.75, 3.05) is 6.61 Å². The molecule has 0 saturated heterocycles. The Bertz CT molecular complexity index is 285. The molecule has 0 radical (unpaired) electrons. The topological polar surface area (TPSA) is 70.3 Å². The first-order valence-electron chi connectivity index (χ1n) is 5.12. The average molecular weight is 211 g/mol. The van der Waals surface area contributed by atoms with Crippen LogP contribution in [0.2, 0.25) is 0 Å². The second-order valence-corrected chi connectivity index (χ2v) is 3.11. The molecule has 0 unspecified atom stereocenters. The smallest absolute Gasteiger partial charge is 0.352 e. The SMILES string of the molecule is CCOC(=O)C(C#N)=C(O)C(CC)CC. The van der Waals surface area contributed by atoms with Gasteiger partial charge in [-0.15, -0.1) is 0 Å². The highest BCUT2D eigenvalue weighted by Gasteiger charge is 2.21. The number of ether oxygens (including phenoxy) is 1. The summed E-state index contributed by atoms with van der Waals surface area (Å²) >= 11 is 0. The minimum absolute atomic E-state index is 0.149. The van der Waals surface area contributed by atoms with Gasteiger partial charge in [0.1, 0.15) is 11.8 Å². The van der Waals surface area contributed by atoms with E-state index in [0.29, 0.717) is 12.8 Å². The lowest BCUT2D eigenvalue weighted by Crippen LogP contribution is -2.13. The van der Waals surface area contributed by atoms with Crippen molar-refractivity contribution >= 4 is 5.97 Å². The van der Waals surface area contributed by atoms with Gasteiger partial charge in [-0.3, -0.25) is 0 Å². The summed E-state index contributed by atoms with van der Waals surface area (Å²) in [5.41, 5.74) is -0.273. The Kier molecular flexibility index (Phi) is 6.19. The number of esters is 1. The molecule has 0 aliphatic rings. The maximum absolute atomic E-state index is 11.3. The first kappa shape index (κ1) is 13.5. The van der Waals surface area contributed by atoms with Gasteiger partial charge in [-0.1, -0.05) is 13.8 Å². The number of nitriles is 1. The first-order valence-corrected chi connectivity index (χ1v) is 5.12. The van der Waals surface area contributed by atoms with Crippen LogP contribution in [-0.2, 0) is 9.53 Å². The summed E-state index contributed by atoms with van der Waals surface area (Å²) < 4.78 is 4.68. The lowest BCUT2D eigenvalue weighted by Gasteiger charge is -2.12. The molecular weight excluding hydrogens is 194 g/mol. The van der Waals surface area contributed by atoms with Crippen molar-refractivity contribution in [1.29, 1.82) is 5.26 Å². The van der Waals surface area contributed by atoms with E-state index < -0.39 is 5.97 Å². The van der Waals surface area contributed by atoms with Crippen LogP contribution >= 0.6 is 0 Å². The van der Waals surface area contributed by atoms with E-state index in [1.807, 2.05) is 13.8 Å². The largest absolute Gasteiger partial charge is 0.510 e. The molecule has 0 aromatic rings. The number of allylic oxidation sites excluding steroid dienone is 1. The Balaban J connectivity index is 4.97. The fourth-order valence-corrected chi connectivity index (χ4v) is 1.29. The third-order valence-corrected chi connectivity index (χ3v) is 2.22. The second kappa shape index (κ2) is 6.88. The lowest BCUT2D eigenvalue weighted by molar-refractivity contribution is -0.138. The summed E-state index contributed by atoms with van der Waals surface area (Å²) in [7, 11) is 0. The van der Waals surface area contributed by atoms with Gasteiger partial charge in [-0.05, 0) is 19.8 Å². The number of hydrogen-bond donors (Lipinski definition) is 1. The van der Waals surface area contributed by atoms with E-state index in [0.717, 1.165) is 0 Å². The predicted octanol–water partition coefficient (Wildman–Crippen LogP) is 2.32. The van der Waals surface area contributed by atoms with E-state index in [4.69, 9.17) is 5.26 Å². The summed E-state index contributed by atoms with van der Waals surface area (Å²) in [5.74, 6) is -1.05. The van der Waals surface area contributed by atoms with Crippen molar-refractivity contribution in [1.82, 2.24) is 0 Å². The summed E-state index contributed by atoms with van der Waals surface area (Å²) in [6.07, 6.45) is 1.37. The summed E-state index contributed by atoms with van der Waals surface area (Å²) in [6, 6.07) is 1.69. The van der Waals surface area contributed by atoms with Gasteiger partial charge < -0.3 is 9.84 Å². The van der Waals surface area contributed by atoms with Gasteiger partial charge in [-0.25, -0.2) is 4.79 Å². The van der Waals surface area contributed by atoms with E-state index in [1.54, 1.807) is 13.0 Å². The minimum Gasteiger partial charge on any atom is -0.510 e. The molecule has 0 aliphatic heterocycles. The van der Waals surface area contributed by atoms with Crippen LogP contribution in [0, 0.1) is 17.2 Å². The molecule has 4 heteroatoms. The summed E-state index contributed by atoms with van der Waals surface area (Å²) in [6.45, 7) is 5.64. The maximum Gasteiger partial charge on any atom is 0.352 e. The van der Waals surface area contributed by atoms with E-state index in [9.17, 15) is 9.90 Å². The number of carbonyl (C=O) groups is 1. The van der Waals surface area contributed by atoms with Crippen molar-refractivity contribution in [2.24, 2.45) is 5.92 Å². The van der Waals surface area contributed by atoms with Crippen LogP contribution in [0.1, 0.15) is 33.6 Å². The summed E-state index contributed by atoms with van der Waals surface area (Å²) in [5, 5.41) is 18.5. The van der Waals surface area contributed by atoms with Gasteiger partial charge in [0.25, 0.3) is 0 Å². The average Bonchev–Trinajstić information content (AvgIpc) is 2.21. The van der Waals surface area contributed by atoms with E-state index in [-0.39, 0.29) is 23.9 Å². The van der Waals surface area contributed by atoms with Gasteiger partial charge in [0.15, 0.2) is 5.57 Å². The summed E-state index contributed by atoms with van der Waals surface area (Å²) in [4.78, 5) is 11.3. The molecule has 0 spiro atoms. The molecule has 0 aliphatic carbocycles. The van der Waals surface area contributed by atoms with Crippen LogP contribution < -0.4 is 0 Å². The van der Waals surface area contributed by atoms with Gasteiger partial charge >= 0.3 is 5.97 Å². The van der Waals surface area contributed by atoms with E-state index >= 15 is 0 Å². The Morgan fingerprint density at radius 3 is 2.27 bits per heavy atom. The third-order valence-electron chi connectivity index (χ3n) is 2.22. The van der Waals surface area contributed by atoms with Crippen LogP contribution in [0.15, 0.2) is 11.3 Å². The van der Waals surface area contributed by atoms with Crippen molar-refractivity contribution < 1.29 is 14.6 Å². The molecule has 0 saturated carbocycles. The Morgan fingerprint density at radius 2 is 1.93 bits per heavy atom. The molecule has 15 heavy (non-hydrogen) atoms. The first-order chi connectivity index (χ1) is 7.12. The molecule has 0 atom stereocenters. The quantitative estimate of drug-likeness (QED) is 0.328. The fraction of sp³-hybridized carbons (Fsp3) is 0.636. The van der Waals surface area contributed by atoms with Crippen LogP contribution in [0.5, 0.6) is 0 Å². The Morgan fingerprint density at radius 1 is 1.40 bits per heavy atom. The molecule has 1 N–H and O–H groups in total. The molecular formula is C11H17NO3. The van der Waals surface area contributed by atoms with Gasteiger partial charge in [0.2, 0.25) is 0 Å². The zero-order valence-corrected chi connectivity index (χ0v) is 9.41. The van der Waals surface area contributed by atoms with Crippen molar-refractivity contribution in [3.05, 3.63) is 11.3 Å². The Hall–Kier alpha value is -1.50. The number of aliphatic hydroxyl groups is 1. The maximum atomic E-state index is 11.3. The highest BCUT2D eigenvalue weighted by molar-refractivity contribution is 5.93. The molecule has 0 fully saturated rings. The zero-order chi connectivity index (χ0) is 11.8. The van der Waals surface area contributed by atoms with Crippen LogP contribution in [0.4, 0.5) is 0 Å². The van der Waals surface area contributed by atoms with E-state index in [2.05, 4.69) is 4.74 Å². The lowest BCUT2D eigenvalue weighted by atomic mass is 9.98. The van der Waals surface area contributed by atoms with E-state index in [1.165, 1.54) is 0 Å². The van der Waals surface area contributed by atoms with Crippen LogP contribution in [0.3, 0.4) is 0 Å². The normalized spacial score (nSPS) is 11.9. The molecule has 0 bridgehead atoms. The highest BCUT2D eigenvalue weighted by Crippen LogP contribution is 2.20. The highest BCUT2D eigenvalue weighted by atomic mass is 16.5. The number of nitrogens with zero attached hydrogens (tertiary/aromatic N) is 1. The standard InChI is InChI=1S/C11H17NO3/c1-4-8(5-2)10(13)9(7-12)11(14)15-6-3/h8,13H,4-6H2,1-3H3. The fourth-order valence-electron chi connectivity index (χ4n) is 1.29. The molecule has 0 heterocycles. The Labute approximate surface area is 90.2 Å². The van der Waals surface area contributed by atoms with Crippen molar-refractivity contribution in [3.63, 3.8) is 0 Å².